The van der Waals surface area contributed by atoms with E-state index in [9.17, 15) is 13.2 Å². The molecule has 2 rings (SSSR count). The van der Waals surface area contributed by atoms with E-state index in [2.05, 4.69) is 4.72 Å². The second-order valence-corrected chi connectivity index (χ2v) is 7.90. The standard InChI is InChI=1S/C13H19NO4S2/c1-18-13(15)11-6-3-2-5-10(11)9-14-20(16,17)12-7-4-8-19-12/h4,7-8,10-11,14H,2-3,5-6,9H2,1H3. The Hall–Kier alpha value is -0.920. The zero-order valence-electron chi connectivity index (χ0n) is 11.4. The van der Waals surface area contributed by atoms with Crippen molar-refractivity contribution in [2.45, 2.75) is 29.9 Å². The molecule has 2 unspecified atom stereocenters. The van der Waals surface area contributed by atoms with Gasteiger partial charge in [-0.1, -0.05) is 18.9 Å². The van der Waals surface area contributed by atoms with Gasteiger partial charge in [-0.05, 0) is 30.2 Å². The molecule has 5 nitrogen and oxygen atoms in total. The summed E-state index contributed by atoms with van der Waals surface area (Å²) in [5.41, 5.74) is 0. The van der Waals surface area contributed by atoms with Crippen LogP contribution in [0.15, 0.2) is 21.7 Å². The molecule has 1 aliphatic rings. The molecule has 0 amide bonds. The molecule has 0 aromatic carbocycles. The number of nitrogens with one attached hydrogen (secondary N) is 1. The molecule has 0 radical (unpaired) electrons. The number of methoxy groups -OCH3 is 1. The van der Waals surface area contributed by atoms with Crippen LogP contribution in [0.5, 0.6) is 0 Å². The van der Waals surface area contributed by atoms with Gasteiger partial charge in [0, 0.05) is 6.54 Å². The van der Waals surface area contributed by atoms with Crippen LogP contribution in [0.25, 0.3) is 0 Å². The third-order valence-corrected chi connectivity index (χ3v) is 6.53. The van der Waals surface area contributed by atoms with Gasteiger partial charge in [-0.25, -0.2) is 13.1 Å². The highest BCUT2D eigenvalue weighted by atomic mass is 32.2. The number of carbonyl (C=O) groups excluding carboxylic acids is 1. The second kappa shape index (κ2) is 6.69. The van der Waals surface area contributed by atoms with Gasteiger partial charge in [0.1, 0.15) is 4.21 Å². The van der Waals surface area contributed by atoms with Crippen LogP contribution in [-0.2, 0) is 19.6 Å². The zero-order chi connectivity index (χ0) is 14.6. The fourth-order valence-corrected chi connectivity index (χ4v) is 4.75. The monoisotopic (exact) mass is 317 g/mol. The van der Waals surface area contributed by atoms with E-state index in [0.717, 1.165) is 25.7 Å². The number of rotatable bonds is 5. The van der Waals surface area contributed by atoms with Gasteiger partial charge in [-0.15, -0.1) is 11.3 Å². The van der Waals surface area contributed by atoms with Gasteiger partial charge < -0.3 is 4.74 Å². The minimum atomic E-state index is -3.46. The van der Waals surface area contributed by atoms with Crippen molar-refractivity contribution in [1.82, 2.24) is 4.72 Å². The molecule has 1 saturated carbocycles. The van der Waals surface area contributed by atoms with Crippen LogP contribution in [0.4, 0.5) is 0 Å². The van der Waals surface area contributed by atoms with E-state index in [1.165, 1.54) is 18.4 Å². The van der Waals surface area contributed by atoms with E-state index in [4.69, 9.17) is 4.74 Å². The topological polar surface area (TPSA) is 72.5 Å². The van der Waals surface area contributed by atoms with E-state index in [-0.39, 0.29) is 17.8 Å². The average molecular weight is 317 g/mol. The Balaban J connectivity index is 2.00. The molecule has 0 saturated heterocycles. The summed E-state index contributed by atoms with van der Waals surface area (Å²) in [4.78, 5) is 11.7. The third kappa shape index (κ3) is 3.59. The van der Waals surface area contributed by atoms with Crippen LogP contribution in [0.2, 0.25) is 0 Å². The lowest BCUT2D eigenvalue weighted by Gasteiger charge is -2.29. The summed E-state index contributed by atoms with van der Waals surface area (Å²) >= 11 is 1.19. The molecule has 1 aromatic rings. The molecule has 1 N–H and O–H groups in total. The Morgan fingerprint density at radius 2 is 2.20 bits per heavy atom. The highest BCUT2D eigenvalue weighted by molar-refractivity contribution is 7.91. The van der Waals surface area contributed by atoms with Gasteiger partial charge >= 0.3 is 5.97 Å². The molecule has 20 heavy (non-hydrogen) atoms. The molecule has 2 atom stereocenters. The predicted molar refractivity (Wildman–Crippen MR) is 77.0 cm³/mol. The number of ether oxygens (including phenoxy) is 1. The minimum Gasteiger partial charge on any atom is -0.469 e. The predicted octanol–water partition coefficient (Wildman–Crippen LogP) is 2.01. The van der Waals surface area contributed by atoms with Crippen molar-refractivity contribution in [3.8, 4) is 0 Å². The Kier molecular flexibility index (Phi) is 5.17. The van der Waals surface area contributed by atoms with E-state index < -0.39 is 10.0 Å². The summed E-state index contributed by atoms with van der Waals surface area (Å²) in [6.07, 6.45) is 3.65. The first-order chi connectivity index (χ1) is 9.54. The van der Waals surface area contributed by atoms with Crippen molar-refractivity contribution in [3.05, 3.63) is 17.5 Å². The van der Waals surface area contributed by atoms with Gasteiger partial charge in [-0.2, -0.15) is 0 Å². The molecule has 0 bridgehead atoms. The molecular formula is C13H19NO4S2. The lowest BCUT2D eigenvalue weighted by Crippen LogP contribution is -2.37. The molecular weight excluding hydrogens is 298 g/mol. The van der Waals surface area contributed by atoms with Gasteiger partial charge in [0.2, 0.25) is 10.0 Å². The molecule has 0 spiro atoms. The van der Waals surface area contributed by atoms with E-state index >= 15 is 0 Å². The van der Waals surface area contributed by atoms with Crippen molar-refractivity contribution < 1.29 is 17.9 Å². The fourth-order valence-electron chi connectivity index (χ4n) is 2.62. The summed E-state index contributed by atoms with van der Waals surface area (Å²) < 4.78 is 31.9. The molecule has 1 heterocycles. The van der Waals surface area contributed by atoms with Crippen molar-refractivity contribution >= 4 is 27.3 Å². The Labute approximate surface area is 123 Å². The maximum Gasteiger partial charge on any atom is 0.308 e. The van der Waals surface area contributed by atoms with Gasteiger partial charge in [0.25, 0.3) is 0 Å². The molecule has 7 heteroatoms. The Bertz CT molecular complexity index is 539. The lowest BCUT2D eigenvalue weighted by atomic mass is 9.79. The quantitative estimate of drug-likeness (QED) is 0.843. The first-order valence-corrected chi connectivity index (χ1v) is 9.02. The SMILES string of the molecule is COC(=O)C1CCCCC1CNS(=O)(=O)c1cccs1. The van der Waals surface area contributed by atoms with Crippen LogP contribution >= 0.6 is 11.3 Å². The highest BCUT2D eigenvalue weighted by Gasteiger charge is 2.32. The first kappa shape index (κ1) is 15.5. The van der Waals surface area contributed by atoms with Crippen molar-refractivity contribution in [3.63, 3.8) is 0 Å². The van der Waals surface area contributed by atoms with E-state index in [0.29, 0.717) is 10.8 Å². The normalized spacial score (nSPS) is 23.4. The maximum absolute atomic E-state index is 12.1. The summed E-state index contributed by atoms with van der Waals surface area (Å²) in [5.74, 6) is -0.407. The van der Waals surface area contributed by atoms with Gasteiger partial charge in [-0.3, -0.25) is 4.79 Å². The first-order valence-electron chi connectivity index (χ1n) is 6.65. The van der Waals surface area contributed by atoms with Crippen molar-refractivity contribution in [1.29, 1.82) is 0 Å². The van der Waals surface area contributed by atoms with Crippen LogP contribution in [-0.4, -0.2) is 28.0 Å². The Morgan fingerprint density at radius 3 is 2.85 bits per heavy atom. The molecule has 112 valence electrons. The number of esters is 1. The highest BCUT2D eigenvalue weighted by Crippen LogP contribution is 2.31. The van der Waals surface area contributed by atoms with Gasteiger partial charge in [0.05, 0.1) is 13.0 Å². The molecule has 0 aliphatic heterocycles. The second-order valence-electron chi connectivity index (χ2n) is 4.96. The van der Waals surface area contributed by atoms with Gasteiger partial charge in [0.15, 0.2) is 0 Å². The molecule has 1 aliphatic carbocycles. The average Bonchev–Trinajstić information content (AvgIpc) is 3.00. The zero-order valence-corrected chi connectivity index (χ0v) is 13.0. The van der Waals surface area contributed by atoms with Crippen LogP contribution < -0.4 is 4.72 Å². The number of carbonyl (C=O) groups is 1. The van der Waals surface area contributed by atoms with E-state index in [1.54, 1.807) is 17.5 Å². The largest absolute Gasteiger partial charge is 0.469 e. The van der Waals surface area contributed by atoms with Crippen LogP contribution in [0.1, 0.15) is 25.7 Å². The minimum absolute atomic E-state index is 0.0194. The maximum atomic E-state index is 12.1. The lowest BCUT2D eigenvalue weighted by molar-refractivity contribution is -0.148. The summed E-state index contributed by atoms with van der Waals surface area (Å²) in [6.45, 7) is 0.292. The number of hydrogen-bond acceptors (Lipinski definition) is 5. The molecule has 1 aromatic heterocycles. The number of thiophene rings is 1. The number of hydrogen-bond donors (Lipinski definition) is 1. The smallest absolute Gasteiger partial charge is 0.308 e. The van der Waals surface area contributed by atoms with Crippen LogP contribution in [0, 0.1) is 11.8 Å². The number of sulfonamides is 1. The third-order valence-electron chi connectivity index (χ3n) is 3.71. The van der Waals surface area contributed by atoms with Crippen LogP contribution in [0.3, 0.4) is 0 Å². The van der Waals surface area contributed by atoms with Crippen molar-refractivity contribution in [2.75, 3.05) is 13.7 Å². The molecule has 1 fully saturated rings. The fraction of sp³-hybridized carbons (Fsp3) is 0.615. The summed E-state index contributed by atoms with van der Waals surface area (Å²) in [7, 11) is -2.08. The van der Waals surface area contributed by atoms with Crippen molar-refractivity contribution in [2.24, 2.45) is 11.8 Å². The summed E-state index contributed by atoms with van der Waals surface area (Å²) in [5, 5.41) is 1.73. The van der Waals surface area contributed by atoms with E-state index in [1.807, 2.05) is 0 Å². The Morgan fingerprint density at radius 1 is 1.45 bits per heavy atom. The summed E-state index contributed by atoms with van der Waals surface area (Å²) in [6, 6.07) is 3.28.